The summed E-state index contributed by atoms with van der Waals surface area (Å²) in [7, 11) is 1.79. The molecule has 23 heavy (non-hydrogen) atoms. The lowest BCUT2D eigenvalue weighted by atomic mass is 10.1. The third kappa shape index (κ3) is 7.47. The Hall–Kier alpha value is -1.60. The maximum Gasteiger partial charge on any atom is 0.190 e. The van der Waals surface area contributed by atoms with Crippen LogP contribution in [0.1, 0.15) is 25.7 Å². The molecule has 7 heteroatoms. The summed E-state index contributed by atoms with van der Waals surface area (Å²) in [6, 6.07) is 1.94. The monoisotopic (exact) mass is 323 g/mol. The first kappa shape index (κ1) is 17.7. The van der Waals surface area contributed by atoms with Crippen molar-refractivity contribution in [1.82, 2.24) is 20.4 Å². The zero-order chi connectivity index (χ0) is 16.2. The lowest BCUT2D eigenvalue weighted by molar-refractivity contribution is -0.0320. The van der Waals surface area contributed by atoms with Crippen molar-refractivity contribution in [2.75, 3.05) is 40.0 Å². The molecule has 1 saturated heterocycles. The van der Waals surface area contributed by atoms with Crippen molar-refractivity contribution < 1.29 is 9.47 Å². The summed E-state index contributed by atoms with van der Waals surface area (Å²) in [5.41, 5.74) is 0. The van der Waals surface area contributed by atoms with Crippen LogP contribution < -0.4 is 10.6 Å². The molecular formula is C16H29N5O2. The van der Waals surface area contributed by atoms with Gasteiger partial charge in [-0.05, 0) is 31.7 Å². The smallest absolute Gasteiger partial charge is 0.190 e. The Morgan fingerprint density at radius 1 is 1.30 bits per heavy atom. The lowest BCUT2D eigenvalue weighted by Crippen LogP contribution is -2.38. The van der Waals surface area contributed by atoms with Crippen molar-refractivity contribution in [3.05, 3.63) is 18.5 Å². The molecule has 2 N–H and O–H groups in total. The molecule has 0 radical (unpaired) electrons. The second kappa shape index (κ2) is 11.0. The Morgan fingerprint density at radius 2 is 2.09 bits per heavy atom. The molecule has 0 amide bonds. The maximum absolute atomic E-state index is 5.85. The molecule has 0 spiro atoms. The number of aromatic nitrogens is 2. The first-order valence-corrected chi connectivity index (χ1v) is 8.50. The van der Waals surface area contributed by atoms with E-state index in [4.69, 9.17) is 9.47 Å². The molecular weight excluding hydrogens is 294 g/mol. The van der Waals surface area contributed by atoms with E-state index in [0.717, 1.165) is 71.1 Å². The fraction of sp³-hybridized carbons (Fsp3) is 0.750. The van der Waals surface area contributed by atoms with Gasteiger partial charge in [-0.1, -0.05) is 0 Å². The number of aryl methyl sites for hydroxylation is 1. The summed E-state index contributed by atoms with van der Waals surface area (Å²) in [4.78, 5) is 4.22. The Bertz CT molecular complexity index is 430. The Kier molecular flexibility index (Phi) is 8.50. The van der Waals surface area contributed by atoms with Crippen LogP contribution in [0.5, 0.6) is 0 Å². The fourth-order valence-electron chi connectivity index (χ4n) is 2.47. The molecule has 130 valence electrons. The number of guanidine groups is 1. The highest BCUT2D eigenvalue weighted by Crippen LogP contribution is 2.10. The summed E-state index contributed by atoms with van der Waals surface area (Å²) < 4.78 is 13.1. The topological polar surface area (TPSA) is 72.7 Å². The molecule has 0 aromatic carbocycles. The summed E-state index contributed by atoms with van der Waals surface area (Å²) in [6.45, 7) is 5.10. The number of ether oxygens (including phenoxy) is 2. The predicted molar refractivity (Wildman–Crippen MR) is 90.6 cm³/mol. The van der Waals surface area contributed by atoms with E-state index in [1.54, 1.807) is 13.2 Å². The molecule has 2 rings (SSSR count). The molecule has 7 nitrogen and oxygen atoms in total. The molecule has 0 unspecified atom stereocenters. The average Bonchev–Trinajstić information content (AvgIpc) is 3.11. The highest BCUT2D eigenvalue weighted by molar-refractivity contribution is 5.79. The minimum atomic E-state index is 0.378. The van der Waals surface area contributed by atoms with Gasteiger partial charge in [0, 0.05) is 58.9 Å². The molecule has 0 bridgehead atoms. The number of nitrogens with one attached hydrogen (secondary N) is 2. The second-order valence-corrected chi connectivity index (χ2v) is 5.58. The van der Waals surface area contributed by atoms with E-state index in [2.05, 4.69) is 20.7 Å². The van der Waals surface area contributed by atoms with Crippen LogP contribution in [0.2, 0.25) is 0 Å². The fourth-order valence-corrected chi connectivity index (χ4v) is 2.47. The van der Waals surface area contributed by atoms with Crippen LogP contribution in [-0.2, 0) is 16.0 Å². The third-order valence-electron chi connectivity index (χ3n) is 3.77. The largest absolute Gasteiger partial charge is 0.381 e. The van der Waals surface area contributed by atoms with E-state index in [0.29, 0.717) is 6.10 Å². The van der Waals surface area contributed by atoms with Gasteiger partial charge in [-0.3, -0.25) is 9.67 Å². The summed E-state index contributed by atoms with van der Waals surface area (Å²) in [6.07, 6.45) is 8.19. The second-order valence-electron chi connectivity index (χ2n) is 5.58. The van der Waals surface area contributed by atoms with Gasteiger partial charge in [0.2, 0.25) is 0 Å². The van der Waals surface area contributed by atoms with Crippen molar-refractivity contribution in [3.63, 3.8) is 0 Å². The minimum Gasteiger partial charge on any atom is -0.381 e. The molecule has 1 aromatic heterocycles. The van der Waals surface area contributed by atoms with Crippen molar-refractivity contribution >= 4 is 5.96 Å². The zero-order valence-corrected chi connectivity index (χ0v) is 14.0. The van der Waals surface area contributed by atoms with E-state index in [1.165, 1.54) is 0 Å². The van der Waals surface area contributed by atoms with Crippen LogP contribution in [0.3, 0.4) is 0 Å². The number of hydrogen-bond acceptors (Lipinski definition) is 4. The van der Waals surface area contributed by atoms with E-state index in [1.807, 2.05) is 16.9 Å². The standard InChI is InChI=1S/C16H29N5O2/c1-17-16(18-7-2-10-21-11-3-9-20-21)19-8-4-12-23-15-5-13-22-14-6-15/h3,9,11,15H,2,4-8,10,12-14H2,1H3,(H2,17,18,19). The van der Waals surface area contributed by atoms with Crippen LogP contribution in [0.4, 0.5) is 0 Å². The van der Waals surface area contributed by atoms with Gasteiger partial charge in [-0.15, -0.1) is 0 Å². The predicted octanol–water partition coefficient (Wildman–Crippen LogP) is 1.02. The van der Waals surface area contributed by atoms with Crippen molar-refractivity contribution in [2.45, 2.75) is 38.3 Å². The number of hydrogen-bond donors (Lipinski definition) is 2. The number of nitrogens with zero attached hydrogens (tertiary/aromatic N) is 3. The quantitative estimate of drug-likeness (QED) is 0.403. The van der Waals surface area contributed by atoms with Crippen LogP contribution in [0, 0.1) is 0 Å². The number of rotatable bonds is 9. The van der Waals surface area contributed by atoms with Crippen LogP contribution in [0.25, 0.3) is 0 Å². The van der Waals surface area contributed by atoms with Crippen molar-refractivity contribution in [3.8, 4) is 0 Å². The van der Waals surface area contributed by atoms with Crippen LogP contribution in [0.15, 0.2) is 23.5 Å². The molecule has 2 heterocycles. The Morgan fingerprint density at radius 3 is 2.78 bits per heavy atom. The zero-order valence-electron chi connectivity index (χ0n) is 14.0. The van der Waals surface area contributed by atoms with Gasteiger partial charge in [-0.2, -0.15) is 5.10 Å². The highest BCUT2D eigenvalue weighted by atomic mass is 16.5. The molecule has 1 fully saturated rings. The van der Waals surface area contributed by atoms with Gasteiger partial charge in [0.25, 0.3) is 0 Å². The first-order chi connectivity index (χ1) is 11.4. The maximum atomic E-state index is 5.85. The summed E-state index contributed by atoms with van der Waals surface area (Å²) in [5, 5.41) is 10.8. The number of aliphatic imine (C=N–C) groups is 1. The van der Waals surface area contributed by atoms with E-state index < -0.39 is 0 Å². The van der Waals surface area contributed by atoms with Crippen LogP contribution >= 0.6 is 0 Å². The normalized spacial score (nSPS) is 16.5. The van der Waals surface area contributed by atoms with Gasteiger partial charge in [-0.25, -0.2) is 0 Å². The van der Waals surface area contributed by atoms with Gasteiger partial charge in [0.1, 0.15) is 0 Å². The van der Waals surface area contributed by atoms with Gasteiger partial charge in [0.15, 0.2) is 5.96 Å². The van der Waals surface area contributed by atoms with Crippen molar-refractivity contribution in [2.24, 2.45) is 4.99 Å². The molecule has 1 aliphatic heterocycles. The first-order valence-electron chi connectivity index (χ1n) is 8.50. The lowest BCUT2D eigenvalue weighted by Gasteiger charge is -2.22. The van der Waals surface area contributed by atoms with Gasteiger partial charge >= 0.3 is 0 Å². The summed E-state index contributed by atoms with van der Waals surface area (Å²) >= 11 is 0. The summed E-state index contributed by atoms with van der Waals surface area (Å²) in [5.74, 6) is 0.844. The van der Waals surface area contributed by atoms with Crippen molar-refractivity contribution in [1.29, 1.82) is 0 Å². The third-order valence-corrected chi connectivity index (χ3v) is 3.77. The van der Waals surface area contributed by atoms with E-state index in [9.17, 15) is 0 Å². The molecule has 0 atom stereocenters. The SMILES string of the molecule is CN=C(NCCCOC1CCOCC1)NCCCn1cccn1. The molecule has 1 aromatic rings. The van der Waals surface area contributed by atoms with E-state index >= 15 is 0 Å². The molecule has 1 aliphatic rings. The van der Waals surface area contributed by atoms with Gasteiger partial charge < -0.3 is 20.1 Å². The molecule has 0 aliphatic carbocycles. The Balaban J connectivity index is 1.46. The van der Waals surface area contributed by atoms with E-state index in [-0.39, 0.29) is 0 Å². The average molecular weight is 323 g/mol. The van der Waals surface area contributed by atoms with Crippen LogP contribution in [-0.4, -0.2) is 61.8 Å². The van der Waals surface area contributed by atoms with Gasteiger partial charge in [0.05, 0.1) is 6.10 Å². The minimum absolute atomic E-state index is 0.378. The molecule has 0 saturated carbocycles. The Labute approximate surface area is 138 Å². The highest BCUT2D eigenvalue weighted by Gasteiger charge is 2.13.